The first-order chi connectivity index (χ1) is 5.86. The fourth-order valence-electron chi connectivity index (χ4n) is 1.07. The summed E-state index contributed by atoms with van der Waals surface area (Å²) in [6.07, 6.45) is 2.11. The predicted octanol–water partition coefficient (Wildman–Crippen LogP) is 3.60. The maximum atomic E-state index is 5.66. The smallest absolute Gasteiger partial charge is 0.0474 e. The van der Waals surface area contributed by atoms with Crippen LogP contribution < -0.4 is 0 Å². The number of aryl methyl sites for hydroxylation is 1. The van der Waals surface area contributed by atoms with Crippen LogP contribution in [-0.4, -0.2) is 5.88 Å². The fourth-order valence-corrected chi connectivity index (χ4v) is 1.38. The summed E-state index contributed by atoms with van der Waals surface area (Å²) in [6.45, 7) is 0. The van der Waals surface area contributed by atoms with Crippen molar-refractivity contribution in [3.8, 4) is 0 Å². The molecule has 0 N–H and O–H groups in total. The molecule has 0 bridgehead atoms. The Morgan fingerprint density at radius 2 is 1.50 bits per heavy atom. The molecule has 1 aromatic rings. The molecule has 0 unspecified atom stereocenters. The molecule has 1 aromatic carbocycles. The Morgan fingerprint density at radius 3 is 2.00 bits per heavy atom. The minimum absolute atomic E-state index is 0.593. The number of benzene rings is 1. The van der Waals surface area contributed by atoms with Gasteiger partial charge in [-0.1, -0.05) is 24.3 Å². The highest BCUT2D eigenvalue weighted by atomic mass is 35.5. The Bertz CT molecular complexity index is 216. The van der Waals surface area contributed by atoms with Gasteiger partial charge in [-0.05, 0) is 24.0 Å². The van der Waals surface area contributed by atoms with Crippen LogP contribution in [0.1, 0.15) is 17.5 Å². The Kier molecular flexibility index (Phi) is 4.49. The lowest BCUT2D eigenvalue weighted by atomic mass is 10.1. The molecule has 0 nitrogen and oxygen atoms in total. The van der Waals surface area contributed by atoms with Crippen LogP contribution in [0.4, 0.5) is 0 Å². The molecule has 2 heteroatoms. The van der Waals surface area contributed by atoms with Crippen LogP contribution in [0, 0.1) is 0 Å². The molecule has 0 amide bonds. The van der Waals surface area contributed by atoms with E-state index in [1.807, 2.05) is 0 Å². The van der Waals surface area contributed by atoms with Gasteiger partial charge in [0.05, 0.1) is 0 Å². The lowest BCUT2D eigenvalue weighted by molar-refractivity contribution is 0.928. The SMILES string of the molecule is ClCCCc1ccc(CCl)cc1. The zero-order chi connectivity index (χ0) is 8.81. The second kappa shape index (κ2) is 5.45. The molecule has 0 atom stereocenters. The van der Waals surface area contributed by atoms with Crippen molar-refractivity contribution in [3.63, 3.8) is 0 Å². The molecule has 0 spiro atoms. The minimum Gasteiger partial charge on any atom is -0.127 e. The topological polar surface area (TPSA) is 0 Å². The van der Waals surface area contributed by atoms with E-state index in [1.54, 1.807) is 0 Å². The maximum Gasteiger partial charge on any atom is 0.0474 e. The highest BCUT2D eigenvalue weighted by Gasteiger charge is 1.93. The van der Waals surface area contributed by atoms with Crippen LogP contribution in [0.15, 0.2) is 24.3 Å². The van der Waals surface area contributed by atoms with E-state index in [9.17, 15) is 0 Å². The zero-order valence-electron chi connectivity index (χ0n) is 6.89. The van der Waals surface area contributed by atoms with Crippen LogP contribution in [0.2, 0.25) is 0 Å². The van der Waals surface area contributed by atoms with Crippen molar-refractivity contribution in [1.29, 1.82) is 0 Å². The second-order valence-electron chi connectivity index (χ2n) is 2.74. The van der Waals surface area contributed by atoms with E-state index < -0.39 is 0 Å². The molecule has 1 rings (SSSR count). The van der Waals surface area contributed by atoms with Gasteiger partial charge in [-0.3, -0.25) is 0 Å². The summed E-state index contributed by atoms with van der Waals surface area (Å²) in [6, 6.07) is 8.36. The van der Waals surface area contributed by atoms with E-state index in [4.69, 9.17) is 23.2 Å². The third kappa shape index (κ3) is 3.04. The van der Waals surface area contributed by atoms with Crippen LogP contribution >= 0.6 is 23.2 Å². The molecule has 0 aliphatic carbocycles. The zero-order valence-corrected chi connectivity index (χ0v) is 8.41. The highest BCUT2D eigenvalue weighted by molar-refractivity contribution is 6.17. The maximum absolute atomic E-state index is 5.66. The quantitative estimate of drug-likeness (QED) is 0.656. The summed E-state index contributed by atoms with van der Waals surface area (Å²) in [5, 5.41) is 0. The molecular formula is C10H12Cl2. The third-order valence-corrected chi connectivity index (χ3v) is 2.35. The average Bonchev–Trinajstić information content (AvgIpc) is 2.15. The van der Waals surface area contributed by atoms with Gasteiger partial charge in [0.25, 0.3) is 0 Å². The van der Waals surface area contributed by atoms with Gasteiger partial charge in [0.2, 0.25) is 0 Å². The highest BCUT2D eigenvalue weighted by Crippen LogP contribution is 2.08. The van der Waals surface area contributed by atoms with Gasteiger partial charge in [-0.25, -0.2) is 0 Å². The Hall–Kier alpha value is -0.200. The summed E-state index contributed by atoms with van der Waals surface area (Å²) in [4.78, 5) is 0. The first kappa shape index (κ1) is 9.88. The summed E-state index contributed by atoms with van der Waals surface area (Å²) >= 11 is 11.3. The minimum atomic E-state index is 0.593. The van der Waals surface area contributed by atoms with Crippen LogP contribution in [0.5, 0.6) is 0 Å². The van der Waals surface area contributed by atoms with Gasteiger partial charge in [0.15, 0.2) is 0 Å². The molecule has 0 radical (unpaired) electrons. The van der Waals surface area contributed by atoms with Crippen molar-refractivity contribution in [2.45, 2.75) is 18.7 Å². The first-order valence-corrected chi connectivity index (χ1v) is 5.13. The number of hydrogen-bond donors (Lipinski definition) is 0. The van der Waals surface area contributed by atoms with E-state index in [-0.39, 0.29) is 0 Å². The number of hydrogen-bond acceptors (Lipinski definition) is 0. The standard InChI is InChI=1S/C10H12Cl2/c11-7-1-2-9-3-5-10(8-12)6-4-9/h3-6H,1-2,7-8H2. The molecule has 0 aliphatic heterocycles. The van der Waals surface area contributed by atoms with E-state index in [2.05, 4.69) is 24.3 Å². The van der Waals surface area contributed by atoms with E-state index in [0.717, 1.165) is 18.7 Å². The van der Waals surface area contributed by atoms with Crippen LogP contribution in [0.25, 0.3) is 0 Å². The average molecular weight is 203 g/mol. The first-order valence-electron chi connectivity index (χ1n) is 4.06. The second-order valence-corrected chi connectivity index (χ2v) is 3.39. The van der Waals surface area contributed by atoms with Crippen molar-refractivity contribution < 1.29 is 0 Å². The van der Waals surface area contributed by atoms with Gasteiger partial charge in [-0.2, -0.15) is 0 Å². The van der Waals surface area contributed by atoms with Crippen molar-refractivity contribution in [1.82, 2.24) is 0 Å². The molecule has 0 heterocycles. The number of rotatable bonds is 4. The van der Waals surface area contributed by atoms with Crippen LogP contribution in [-0.2, 0) is 12.3 Å². The van der Waals surface area contributed by atoms with Crippen molar-refractivity contribution >= 4 is 23.2 Å². The fraction of sp³-hybridized carbons (Fsp3) is 0.400. The monoisotopic (exact) mass is 202 g/mol. The summed E-state index contributed by atoms with van der Waals surface area (Å²) in [5.74, 6) is 1.33. The largest absolute Gasteiger partial charge is 0.127 e. The number of halogens is 2. The van der Waals surface area contributed by atoms with Gasteiger partial charge in [0.1, 0.15) is 0 Å². The third-order valence-electron chi connectivity index (χ3n) is 1.78. The van der Waals surface area contributed by atoms with Crippen molar-refractivity contribution in [2.24, 2.45) is 0 Å². The summed E-state index contributed by atoms with van der Waals surface area (Å²) in [7, 11) is 0. The van der Waals surface area contributed by atoms with Gasteiger partial charge in [0, 0.05) is 11.8 Å². The van der Waals surface area contributed by atoms with Crippen molar-refractivity contribution in [3.05, 3.63) is 35.4 Å². The van der Waals surface area contributed by atoms with Gasteiger partial charge >= 0.3 is 0 Å². The molecule has 0 aromatic heterocycles. The molecule has 66 valence electrons. The molecule has 0 fully saturated rings. The van der Waals surface area contributed by atoms with E-state index in [0.29, 0.717) is 5.88 Å². The molecule has 0 saturated heterocycles. The van der Waals surface area contributed by atoms with E-state index >= 15 is 0 Å². The predicted molar refractivity (Wildman–Crippen MR) is 55.0 cm³/mol. The van der Waals surface area contributed by atoms with Gasteiger partial charge in [-0.15, -0.1) is 23.2 Å². The number of alkyl halides is 2. The molecule has 0 saturated carbocycles. The lowest BCUT2D eigenvalue weighted by Crippen LogP contribution is -1.86. The van der Waals surface area contributed by atoms with Crippen molar-refractivity contribution in [2.75, 3.05) is 5.88 Å². The van der Waals surface area contributed by atoms with Crippen LogP contribution in [0.3, 0.4) is 0 Å². The Labute approximate surface area is 83.5 Å². The van der Waals surface area contributed by atoms with Gasteiger partial charge < -0.3 is 0 Å². The Balaban J connectivity index is 2.53. The molecule has 0 aliphatic rings. The Morgan fingerprint density at radius 1 is 0.917 bits per heavy atom. The summed E-state index contributed by atoms with van der Waals surface area (Å²) in [5.41, 5.74) is 2.51. The summed E-state index contributed by atoms with van der Waals surface area (Å²) < 4.78 is 0. The molecule has 12 heavy (non-hydrogen) atoms. The lowest BCUT2D eigenvalue weighted by Gasteiger charge is -1.99. The van der Waals surface area contributed by atoms with E-state index in [1.165, 1.54) is 11.1 Å². The molecular weight excluding hydrogens is 191 g/mol. The normalized spacial score (nSPS) is 10.2.